The summed E-state index contributed by atoms with van der Waals surface area (Å²) in [6, 6.07) is 14.4. The van der Waals surface area contributed by atoms with Gasteiger partial charge in [0.2, 0.25) is 0 Å². The number of benzene rings is 2. The van der Waals surface area contributed by atoms with E-state index in [0.717, 1.165) is 46.1 Å². The lowest BCUT2D eigenvalue weighted by atomic mass is 9.93. The zero-order valence-electron chi connectivity index (χ0n) is 12.1. The van der Waals surface area contributed by atoms with Gasteiger partial charge in [0.1, 0.15) is 5.82 Å². The molecule has 22 heavy (non-hydrogen) atoms. The SMILES string of the molecule is OCc1c(C2CC2)nc2ccccc2c1-c1ccc(F)cc1. The third-order valence-corrected chi connectivity index (χ3v) is 4.28. The van der Waals surface area contributed by atoms with Crippen molar-refractivity contribution in [3.8, 4) is 11.1 Å². The van der Waals surface area contributed by atoms with Gasteiger partial charge >= 0.3 is 0 Å². The summed E-state index contributed by atoms with van der Waals surface area (Å²) in [5, 5.41) is 10.9. The number of para-hydroxylation sites is 1. The van der Waals surface area contributed by atoms with Gasteiger partial charge in [-0.25, -0.2) is 4.39 Å². The molecule has 0 amide bonds. The number of halogens is 1. The maximum Gasteiger partial charge on any atom is 0.123 e. The van der Waals surface area contributed by atoms with Crippen molar-refractivity contribution < 1.29 is 9.50 Å². The monoisotopic (exact) mass is 293 g/mol. The molecule has 3 heteroatoms. The third-order valence-electron chi connectivity index (χ3n) is 4.28. The molecule has 1 saturated carbocycles. The van der Waals surface area contributed by atoms with Crippen molar-refractivity contribution in [3.63, 3.8) is 0 Å². The van der Waals surface area contributed by atoms with Crippen LogP contribution in [-0.2, 0) is 6.61 Å². The van der Waals surface area contributed by atoms with E-state index in [9.17, 15) is 9.50 Å². The topological polar surface area (TPSA) is 33.1 Å². The second-order valence-corrected chi connectivity index (χ2v) is 5.81. The van der Waals surface area contributed by atoms with Crippen LogP contribution in [0.15, 0.2) is 48.5 Å². The first kappa shape index (κ1) is 13.4. The average molecular weight is 293 g/mol. The fourth-order valence-corrected chi connectivity index (χ4v) is 3.07. The zero-order chi connectivity index (χ0) is 15.1. The minimum atomic E-state index is -0.255. The molecule has 1 fully saturated rings. The summed E-state index contributed by atoms with van der Waals surface area (Å²) in [5.74, 6) is 0.195. The number of aliphatic hydroxyl groups is 1. The Kier molecular flexibility index (Phi) is 3.16. The second kappa shape index (κ2) is 5.18. The van der Waals surface area contributed by atoms with Crippen LogP contribution in [0.5, 0.6) is 0 Å². The summed E-state index contributed by atoms with van der Waals surface area (Å²) >= 11 is 0. The Bertz CT molecular complexity index is 838. The standard InChI is InChI=1S/C19H16FNO/c20-14-9-7-12(8-10-14)18-15-3-1-2-4-17(15)21-19(13-5-6-13)16(18)11-22/h1-4,7-10,13,22H,5-6,11H2. The Balaban J connectivity index is 2.06. The minimum absolute atomic E-state index is 0.0453. The summed E-state index contributed by atoms with van der Waals surface area (Å²) < 4.78 is 13.3. The normalized spacial score (nSPS) is 14.5. The van der Waals surface area contributed by atoms with Gasteiger partial charge in [0, 0.05) is 16.9 Å². The molecule has 1 aromatic heterocycles. The predicted molar refractivity (Wildman–Crippen MR) is 85.0 cm³/mol. The molecule has 110 valence electrons. The van der Waals surface area contributed by atoms with E-state index >= 15 is 0 Å². The van der Waals surface area contributed by atoms with E-state index in [2.05, 4.69) is 0 Å². The number of hydrogen-bond donors (Lipinski definition) is 1. The fraction of sp³-hybridized carbons (Fsp3) is 0.211. The van der Waals surface area contributed by atoms with Crippen molar-refractivity contribution in [2.24, 2.45) is 0 Å². The lowest BCUT2D eigenvalue weighted by Crippen LogP contribution is -2.01. The van der Waals surface area contributed by atoms with Gasteiger partial charge in [0.25, 0.3) is 0 Å². The molecule has 1 aliphatic rings. The number of nitrogens with zero attached hydrogens (tertiary/aromatic N) is 1. The molecule has 1 aliphatic carbocycles. The van der Waals surface area contributed by atoms with Crippen LogP contribution in [0.2, 0.25) is 0 Å². The van der Waals surface area contributed by atoms with Gasteiger partial charge in [-0.2, -0.15) is 0 Å². The lowest BCUT2D eigenvalue weighted by molar-refractivity contribution is 0.280. The van der Waals surface area contributed by atoms with E-state index in [4.69, 9.17) is 4.98 Å². The molecule has 0 aliphatic heterocycles. The molecular formula is C19H16FNO. The van der Waals surface area contributed by atoms with Crippen LogP contribution in [0.25, 0.3) is 22.0 Å². The first-order valence-corrected chi connectivity index (χ1v) is 7.56. The summed E-state index contributed by atoms with van der Waals surface area (Å²) in [4.78, 5) is 4.78. The van der Waals surface area contributed by atoms with Gasteiger partial charge in [-0.1, -0.05) is 30.3 Å². The van der Waals surface area contributed by atoms with Crippen molar-refractivity contribution in [2.45, 2.75) is 25.4 Å². The first-order valence-electron chi connectivity index (χ1n) is 7.56. The maximum atomic E-state index is 13.3. The van der Waals surface area contributed by atoms with Crippen LogP contribution in [0.4, 0.5) is 4.39 Å². The Morgan fingerprint density at radius 2 is 1.77 bits per heavy atom. The van der Waals surface area contributed by atoms with Crippen LogP contribution < -0.4 is 0 Å². The van der Waals surface area contributed by atoms with Crippen LogP contribution in [0.3, 0.4) is 0 Å². The van der Waals surface area contributed by atoms with Gasteiger partial charge in [0.15, 0.2) is 0 Å². The predicted octanol–water partition coefficient (Wildman–Crippen LogP) is 4.41. The Morgan fingerprint density at radius 1 is 1.05 bits per heavy atom. The van der Waals surface area contributed by atoms with Gasteiger partial charge in [-0.05, 0) is 42.2 Å². The molecule has 2 aromatic carbocycles. The van der Waals surface area contributed by atoms with Gasteiger partial charge in [-0.3, -0.25) is 4.98 Å². The van der Waals surface area contributed by atoms with Crippen LogP contribution in [0.1, 0.15) is 30.0 Å². The van der Waals surface area contributed by atoms with Gasteiger partial charge < -0.3 is 5.11 Å². The van der Waals surface area contributed by atoms with Crippen LogP contribution >= 0.6 is 0 Å². The van der Waals surface area contributed by atoms with E-state index in [1.54, 1.807) is 12.1 Å². The number of pyridine rings is 1. The molecule has 3 aromatic rings. The highest BCUT2D eigenvalue weighted by Crippen LogP contribution is 2.44. The smallest absolute Gasteiger partial charge is 0.123 e. The number of hydrogen-bond acceptors (Lipinski definition) is 2. The number of rotatable bonds is 3. The highest BCUT2D eigenvalue weighted by Gasteiger charge is 2.29. The number of aliphatic hydroxyl groups excluding tert-OH is 1. The summed E-state index contributed by atoms with van der Waals surface area (Å²) in [6.07, 6.45) is 2.25. The number of aromatic nitrogens is 1. The molecule has 0 spiro atoms. The van der Waals surface area contributed by atoms with E-state index in [1.807, 2.05) is 24.3 Å². The minimum Gasteiger partial charge on any atom is -0.392 e. The van der Waals surface area contributed by atoms with Crippen LogP contribution in [0, 0.1) is 5.82 Å². The molecule has 0 bridgehead atoms. The first-order chi connectivity index (χ1) is 10.8. The highest BCUT2D eigenvalue weighted by atomic mass is 19.1. The summed E-state index contributed by atoms with van der Waals surface area (Å²) in [6.45, 7) is -0.0453. The van der Waals surface area contributed by atoms with E-state index in [-0.39, 0.29) is 12.4 Å². The molecule has 1 N–H and O–H groups in total. The molecule has 0 atom stereocenters. The molecule has 0 radical (unpaired) electrons. The Labute approximate surface area is 128 Å². The van der Waals surface area contributed by atoms with Crippen LogP contribution in [-0.4, -0.2) is 10.1 Å². The maximum absolute atomic E-state index is 13.3. The van der Waals surface area contributed by atoms with Gasteiger partial charge in [-0.15, -0.1) is 0 Å². The quantitative estimate of drug-likeness (QED) is 0.776. The molecule has 2 nitrogen and oxygen atoms in total. The second-order valence-electron chi connectivity index (χ2n) is 5.81. The number of fused-ring (bicyclic) bond motifs is 1. The van der Waals surface area contributed by atoms with Crippen molar-refractivity contribution in [1.82, 2.24) is 4.98 Å². The molecule has 0 saturated heterocycles. The molecule has 0 unspecified atom stereocenters. The molecular weight excluding hydrogens is 277 g/mol. The zero-order valence-corrected chi connectivity index (χ0v) is 12.1. The van der Waals surface area contributed by atoms with Crippen molar-refractivity contribution in [3.05, 3.63) is 65.6 Å². The van der Waals surface area contributed by atoms with Crippen molar-refractivity contribution >= 4 is 10.9 Å². The summed E-state index contributed by atoms with van der Waals surface area (Å²) in [7, 11) is 0. The van der Waals surface area contributed by atoms with Crippen molar-refractivity contribution in [1.29, 1.82) is 0 Å². The average Bonchev–Trinajstić information content (AvgIpc) is 3.39. The lowest BCUT2D eigenvalue weighted by Gasteiger charge is -2.16. The van der Waals surface area contributed by atoms with E-state index < -0.39 is 0 Å². The van der Waals surface area contributed by atoms with Crippen molar-refractivity contribution in [2.75, 3.05) is 0 Å². The molecule has 1 heterocycles. The largest absolute Gasteiger partial charge is 0.392 e. The van der Waals surface area contributed by atoms with E-state index in [0.29, 0.717) is 5.92 Å². The molecule has 4 rings (SSSR count). The van der Waals surface area contributed by atoms with E-state index in [1.165, 1.54) is 12.1 Å². The third kappa shape index (κ3) is 2.18. The Hall–Kier alpha value is -2.26. The fourth-order valence-electron chi connectivity index (χ4n) is 3.07. The summed E-state index contributed by atoms with van der Waals surface area (Å²) in [5.41, 5.74) is 4.72. The van der Waals surface area contributed by atoms with Gasteiger partial charge in [0.05, 0.1) is 17.8 Å². The Morgan fingerprint density at radius 3 is 2.45 bits per heavy atom. The highest BCUT2D eigenvalue weighted by molar-refractivity contribution is 5.96.